The van der Waals surface area contributed by atoms with Gasteiger partial charge in [-0.15, -0.1) is 22.7 Å². The average Bonchev–Trinajstić information content (AvgIpc) is 3.64. The highest BCUT2D eigenvalue weighted by Crippen LogP contribution is 2.37. The van der Waals surface area contributed by atoms with Crippen molar-refractivity contribution in [2.75, 3.05) is 45.7 Å². The van der Waals surface area contributed by atoms with Gasteiger partial charge >= 0.3 is 11.9 Å². The van der Waals surface area contributed by atoms with E-state index in [1.807, 2.05) is 0 Å². The van der Waals surface area contributed by atoms with E-state index in [0.29, 0.717) is 44.6 Å². The highest BCUT2D eigenvalue weighted by molar-refractivity contribution is 7.12. The largest absolute Gasteiger partial charge is 0.481 e. The molecule has 1 unspecified atom stereocenters. The maximum Gasteiger partial charge on any atom is 0.350 e. The minimum Gasteiger partial charge on any atom is -0.481 e. The highest BCUT2D eigenvalue weighted by Gasteiger charge is 2.49. The number of pyridine rings is 1. The third kappa shape index (κ3) is 5.42. The third-order valence-corrected chi connectivity index (χ3v) is 9.04. The number of Topliss-reactive ketones (excluding diaryl/α,β-unsaturated/α-hetero) is 1. The molecule has 6 rings (SSSR count). The van der Waals surface area contributed by atoms with Gasteiger partial charge in [0.25, 0.3) is 0 Å². The Balaban J connectivity index is 1.35. The highest BCUT2D eigenvalue weighted by atomic mass is 32.1. The summed E-state index contributed by atoms with van der Waals surface area (Å²) in [7, 11) is 2.84. The van der Waals surface area contributed by atoms with Crippen molar-refractivity contribution < 1.29 is 33.1 Å². The number of hydrogen-bond acceptors (Lipinski definition) is 11. The second-order valence-electron chi connectivity index (χ2n) is 9.57. The predicted molar refractivity (Wildman–Crippen MR) is 142 cm³/mol. The summed E-state index contributed by atoms with van der Waals surface area (Å²) in [6.45, 7) is 2.72. The fraction of sp³-hybridized carbons (Fsp3) is 0.423. The Morgan fingerprint density at radius 3 is 2.58 bits per heavy atom. The second kappa shape index (κ2) is 11.2. The number of esters is 2. The van der Waals surface area contributed by atoms with Crippen LogP contribution < -0.4 is 10.1 Å². The molecular formula is C26H29N4O6S2+. The molecule has 3 aliphatic heterocycles. The molecule has 3 fully saturated rings. The number of ether oxygens (including phenoxy) is 3. The molecule has 0 amide bonds. The van der Waals surface area contributed by atoms with E-state index in [4.69, 9.17) is 14.2 Å². The van der Waals surface area contributed by atoms with Crippen LogP contribution in [0.3, 0.4) is 0 Å². The molecule has 12 heteroatoms. The van der Waals surface area contributed by atoms with Crippen LogP contribution in [0.25, 0.3) is 0 Å². The quantitative estimate of drug-likeness (QED) is 0.227. The zero-order valence-corrected chi connectivity index (χ0v) is 22.8. The van der Waals surface area contributed by atoms with Crippen LogP contribution in [-0.4, -0.2) is 78.7 Å². The molecule has 10 nitrogen and oxygen atoms in total. The molecule has 3 aliphatic rings. The van der Waals surface area contributed by atoms with Gasteiger partial charge < -0.3 is 24.0 Å². The van der Waals surface area contributed by atoms with Gasteiger partial charge in [0.2, 0.25) is 11.7 Å². The molecule has 1 N–H and O–H groups in total. The van der Waals surface area contributed by atoms with Crippen molar-refractivity contribution in [3.63, 3.8) is 0 Å². The molecule has 3 saturated heterocycles. The molecule has 0 aliphatic carbocycles. The van der Waals surface area contributed by atoms with E-state index in [1.165, 1.54) is 36.9 Å². The molecule has 0 radical (unpaired) electrons. The van der Waals surface area contributed by atoms with Crippen LogP contribution >= 0.6 is 22.7 Å². The van der Waals surface area contributed by atoms with Crippen LogP contribution in [0, 0.1) is 5.92 Å². The van der Waals surface area contributed by atoms with E-state index < -0.39 is 18.0 Å². The molecule has 6 heterocycles. The zero-order valence-electron chi connectivity index (χ0n) is 21.1. The monoisotopic (exact) mass is 557 g/mol. The smallest absolute Gasteiger partial charge is 0.350 e. The molecule has 0 spiro atoms. The summed E-state index contributed by atoms with van der Waals surface area (Å²) in [6, 6.07) is 4.23. The molecule has 0 saturated carbocycles. The van der Waals surface area contributed by atoms with Crippen LogP contribution in [0.4, 0.5) is 5.69 Å². The van der Waals surface area contributed by atoms with Crippen molar-refractivity contribution in [2.24, 2.45) is 5.92 Å². The Hall–Kier alpha value is -3.35. The number of fused-ring (bicyclic) bond motifs is 3. The van der Waals surface area contributed by atoms with Crippen LogP contribution in [0.15, 0.2) is 41.4 Å². The van der Waals surface area contributed by atoms with Crippen molar-refractivity contribution in [1.82, 2.24) is 9.97 Å². The van der Waals surface area contributed by atoms with Gasteiger partial charge in [-0.2, -0.15) is 0 Å². The first-order chi connectivity index (χ1) is 18.4. The van der Waals surface area contributed by atoms with Gasteiger partial charge in [-0.1, -0.05) is 0 Å². The standard InChI is InChI=1S/C26H28N4O6S2/c1-34-21-4-3-17(13-28-21)22(29-18-7-11-37-23(18)26(33)35-2)25(32)36-20-15-30(9-5-16(20)6-10-30)14-19(31)24-27-8-12-38-24/h3-4,7-8,11-13,16,20,22H,5-6,9-10,14-15H2,1-2H3/p+1/t16?,20-,22?,30?/m0/s1. The zero-order chi connectivity index (χ0) is 26.7. The summed E-state index contributed by atoms with van der Waals surface area (Å²) in [6.07, 6.45) is 4.67. The number of aromatic nitrogens is 2. The molecule has 0 aromatic carbocycles. The first-order valence-electron chi connectivity index (χ1n) is 12.3. The number of rotatable bonds is 10. The predicted octanol–water partition coefficient (Wildman–Crippen LogP) is 3.58. The first kappa shape index (κ1) is 26.3. The first-order valence-corrected chi connectivity index (χ1v) is 14.1. The van der Waals surface area contributed by atoms with E-state index in [0.717, 1.165) is 25.9 Å². The van der Waals surface area contributed by atoms with E-state index >= 15 is 0 Å². The summed E-state index contributed by atoms with van der Waals surface area (Å²) in [5.74, 6) is -0.267. The van der Waals surface area contributed by atoms with Gasteiger partial charge in [0.15, 0.2) is 17.2 Å². The maximum absolute atomic E-state index is 13.7. The Morgan fingerprint density at radius 2 is 1.92 bits per heavy atom. The molecule has 38 heavy (non-hydrogen) atoms. The molecule has 2 bridgehead atoms. The number of thiazole rings is 1. The minimum atomic E-state index is -0.910. The normalized spacial score (nSPS) is 22.9. The average molecular weight is 558 g/mol. The number of anilines is 1. The van der Waals surface area contributed by atoms with Crippen molar-refractivity contribution in [1.29, 1.82) is 0 Å². The summed E-state index contributed by atoms with van der Waals surface area (Å²) in [4.78, 5) is 47.6. The van der Waals surface area contributed by atoms with Gasteiger partial charge in [-0.05, 0) is 17.5 Å². The van der Waals surface area contributed by atoms with Crippen LogP contribution in [-0.2, 0) is 14.3 Å². The number of hydrogen-bond donors (Lipinski definition) is 1. The Kier molecular flexibility index (Phi) is 7.73. The maximum atomic E-state index is 13.7. The second-order valence-corrected chi connectivity index (χ2v) is 11.4. The summed E-state index contributed by atoms with van der Waals surface area (Å²) >= 11 is 2.58. The van der Waals surface area contributed by atoms with Crippen LogP contribution in [0.2, 0.25) is 0 Å². The van der Waals surface area contributed by atoms with Crippen molar-refractivity contribution >= 4 is 46.1 Å². The molecule has 3 aromatic heterocycles. The van der Waals surface area contributed by atoms with Crippen LogP contribution in [0.5, 0.6) is 5.88 Å². The number of thiophene rings is 1. The van der Waals surface area contributed by atoms with Gasteiger partial charge in [0, 0.05) is 48.2 Å². The number of nitrogens with one attached hydrogen (secondary N) is 1. The number of ketones is 1. The van der Waals surface area contributed by atoms with Crippen molar-refractivity contribution in [2.45, 2.75) is 25.0 Å². The number of quaternary nitrogens is 1. The third-order valence-electron chi connectivity index (χ3n) is 7.33. The Morgan fingerprint density at radius 1 is 1.11 bits per heavy atom. The molecule has 200 valence electrons. The van der Waals surface area contributed by atoms with Crippen molar-refractivity contribution in [3.05, 3.63) is 56.8 Å². The summed E-state index contributed by atoms with van der Waals surface area (Å²) < 4.78 is 16.8. The van der Waals surface area contributed by atoms with E-state index in [-0.39, 0.29) is 17.8 Å². The molecule has 3 aromatic rings. The number of nitrogens with zero attached hydrogens (tertiary/aromatic N) is 3. The minimum absolute atomic E-state index is 0.0297. The SMILES string of the molecule is COC(=O)c1sccc1NC(C(=O)O[C@H]1C[N+]2(CC(=O)c3nccs3)CCC1CC2)c1ccc(OC)nc1. The van der Waals surface area contributed by atoms with E-state index in [2.05, 4.69) is 15.3 Å². The van der Waals surface area contributed by atoms with Gasteiger partial charge in [0.05, 0.1) is 33.0 Å². The number of methoxy groups -OCH3 is 2. The number of piperidine rings is 3. The van der Waals surface area contributed by atoms with Crippen molar-refractivity contribution in [3.8, 4) is 5.88 Å². The fourth-order valence-corrected chi connectivity index (χ4v) is 6.66. The van der Waals surface area contributed by atoms with Crippen LogP contribution in [0.1, 0.15) is 43.9 Å². The van der Waals surface area contributed by atoms with E-state index in [9.17, 15) is 14.4 Å². The van der Waals surface area contributed by atoms with Gasteiger partial charge in [0.1, 0.15) is 18.0 Å². The number of carbonyl (C=O) groups excluding carboxylic acids is 3. The summed E-state index contributed by atoms with van der Waals surface area (Å²) in [5, 5.41) is 7.26. The fourth-order valence-electron chi connectivity index (χ4n) is 5.32. The number of carbonyl (C=O) groups is 3. The lowest BCUT2D eigenvalue weighted by molar-refractivity contribution is -0.938. The lowest BCUT2D eigenvalue weighted by Gasteiger charge is -2.51. The Bertz CT molecular complexity index is 1290. The van der Waals surface area contributed by atoms with Gasteiger partial charge in [-0.25, -0.2) is 19.6 Å². The lowest BCUT2D eigenvalue weighted by atomic mass is 9.83. The molecule has 2 atom stereocenters. The van der Waals surface area contributed by atoms with E-state index in [1.54, 1.807) is 41.4 Å². The summed E-state index contributed by atoms with van der Waals surface area (Å²) in [5.41, 5.74) is 1.05. The Labute approximate surface area is 228 Å². The lowest BCUT2D eigenvalue weighted by Crippen LogP contribution is -2.65. The topological polar surface area (TPSA) is 117 Å². The molecular weight excluding hydrogens is 528 g/mol. The van der Waals surface area contributed by atoms with Gasteiger partial charge in [-0.3, -0.25) is 4.79 Å².